The number of Topliss-reactive ketones (excluding diaryl/α,β-unsaturated/α-hetero) is 1. The van der Waals surface area contributed by atoms with E-state index in [1.54, 1.807) is 12.3 Å². The number of carbonyl (C=O) groups excluding carboxylic acids is 2. The van der Waals surface area contributed by atoms with Crippen molar-refractivity contribution in [3.8, 4) is 11.3 Å². The first-order valence-corrected chi connectivity index (χ1v) is 12.3. The predicted octanol–water partition coefficient (Wildman–Crippen LogP) is 5.62. The Hall–Kier alpha value is -3.38. The van der Waals surface area contributed by atoms with Crippen molar-refractivity contribution in [2.24, 2.45) is 0 Å². The number of benzene rings is 2. The van der Waals surface area contributed by atoms with Gasteiger partial charge in [-0.2, -0.15) is 0 Å². The second-order valence-corrected chi connectivity index (χ2v) is 9.13. The number of hydrogen-bond donors (Lipinski definition) is 2. The number of amides is 1. The summed E-state index contributed by atoms with van der Waals surface area (Å²) in [5, 5.41) is 6.40. The molecular weight excluding hydrogens is 426 g/mol. The quantitative estimate of drug-likeness (QED) is 0.430. The summed E-state index contributed by atoms with van der Waals surface area (Å²) in [4.78, 5) is 28.1. The van der Waals surface area contributed by atoms with Crippen LogP contribution < -0.4 is 10.6 Å². The highest BCUT2D eigenvalue weighted by molar-refractivity contribution is 6.12. The van der Waals surface area contributed by atoms with Gasteiger partial charge >= 0.3 is 0 Å². The molecule has 0 radical (unpaired) electrons. The molecule has 1 amide bonds. The van der Waals surface area contributed by atoms with Gasteiger partial charge in [-0.3, -0.25) is 9.59 Å². The second-order valence-electron chi connectivity index (χ2n) is 9.13. The van der Waals surface area contributed by atoms with Crippen molar-refractivity contribution < 1.29 is 14.0 Å². The SMILES string of the molecule is O=C(Nc1ccc(-c2ccco2)c2c1C(=O)CC2)c1ccc(NCCCN2CCCCC2)cc1. The molecule has 1 fully saturated rings. The number of likely N-dealkylation sites (tertiary alicyclic amines) is 1. The summed E-state index contributed by atoms with van der Waals surface area (Å²) >= 11 is 0. The molecule has 1 aliphatic heterocycles. The van der Waals surface area contributed by atoms with Crippen LogP contribution in [0.5, 0.6) is 0 Å². The van der Waals surface area contributed by atoms with Crippen molar-refractivity contribution in [2.75, 3.05) is 36.8 Å². The number of ketones is 1. The van der Waals surface area contributed by atoms with E-state index in [2.05, 4.69) is 15.5 Å². The summed E-state index contributed by atoms with van der Waals surface area (Å²) in [6.07, 6.45) is 7.85. The number of piperidine rings is 1. The lowest BCUT2D eigenvalue weighted by molar-refractivity contribution is 0.0995. The molecule has 2 heterocycles. The molecule has 0 atom stereocenters. The second kappa shape index (κ2) is 10.3. The zero-order chi connectivity index (χ0) is 23.3. The van der Waals surface area contributed by atoms with Crippen molar-refractivity contribution >= 4 is 23.1 Å². The Balaban J connectivity index is 1.20. The highest BCUT2D eigenvalue weighted by Gasteiger charge is 2.27. The number of fused-ring (bicyclic) bond motifs is 1. The highest BCUT2D eigenvalue weighted by Crippen LogP contribution is 2.37. The maximum atomic E-state index is 12.9. The van der Waals surface area contributed by atoms with Crippen molar-refractivity contribution in [3.05, 3.63) is 71.5 Å². The molecule has 0 bridgehead atoms. The van der Waals surface area contributed by atoms with Gasteiger partial charge in [0.05, 0.1) is 12.0 Å². The largest absolute Gasteiger partial charge is 0.464 e. The summed E-state index contributed by atoms with van der Waals surface area (Å²) in [5.74, 6) is 0.579. The van der Waals surface area contributed by atoms with Gasteiger partial charge < -0.3 is 20.0 Å². The first-order valence-electron chi connectivity index (χ1n) is 12.3. The van der Waals surface area contributed by atoms with E-state index in [1.807, 2.05) is 42.5 Å². The van der Waals surface area contributed by atoms with Crippen LogP contribution in [0.1, 0.15) is 58.4 Å². The van der Waals surface area contributed by atoms with Crippen LogP contribution in [0, 0.1) is 0 Å². The van der Waals surface area contributed by atoms with Crippen molar-refractivity contribution in [1.29, 1.82) is 0 Å². The maximum absolute atomic E-state index is 12.9. The van der Waals surface area contributed by atoms with Crippen LogP contribution in [-0.4, -0.2) is 42.8 Å². The molecule has 2 aromatic carbocycles. The third-order valence-electron chi connectivity index (χ3n) is 6.80. The Bertz CT molecular complexity index is 1150. The molecule has 0 unspecified atom stereocenters. The third-order valence-corrected chi connectivity index (χ3v) is 6.80. The number of anilines is 2. The Labute approximate surface area is 200 Å². The first kappa shape index (κ1) is 22.4. The topological polar surface area (TPSA) is 74.6 Å². The van der Waals surface area contributed by atoms with Crippen LogP contribution in [0.15, 0.2) is 59.2 Å². The Morgan fingerprint density at radius 2 is 1.79 bits per heavy atom. The van der Waals surface area contributed by atoms with Crippen LogP contribution in [0.3, 0.4) is 0 Å². The standard InChI is InChI=1S/C28H31N3O3/c32-25-14-12-23-22(26-6-4-19-34-26)11-13-24(27(23)25)30-28(33)20-7-9-21(10-8-20)29-15-5-18-31-16-2-1-3-17-31/h4,6-11,13,19,29H,1-3,5,12,14-18H2,(H,30,33). The molecule has 2 aliphatic rings. The fraction of sp³-hybridized carbons (Fsp3) is 0.357. The van der Waals surface area contributed by atoms with E-state index in [4.69, 9.17) is 4.42 Å². The van der Waals surface area contributed by atoms with Gasteiger partial charge in [0.1, 0.15) is 5.76 Å². The van der Waals surface area contributed by atoms with E-state index < -0.39 is 0 Å². The Morgan fingerprint density at radius 1 is 0.971 bits per heavy atom. The summed E-state index contributed by atoms with van der Waals surface area (Å²) in [5.41, 5.74) is 4.61. The van der Waals surface area contributed by atoms with Crippen LogP contribution in [0.4, 0.5) is 11.4 Å². The van der Waals surface area contributed by atoms with E-state index in [0.29, 0.717) is 29.7 Å². The van der Waals surface area contributed by atoms with Crippen LogP contribution >= 0.6 is 0 Å². The normalized spacial score (nSPS) is 15.8. The average Bonchev–Trinajstić information content (AvgIpc) is 3.54. The minimum Gasteiger partial charge on any atom is -0.464 e. The van der Waals surface area contributed by atoms with E-state index >= 15 is 0 Å². The minimum absolute atomic E-state index is 0.0582. The number of nitrogens with zero attached hydrogens (tertiary/aromatic N) is 1. The van der Waals surface area contributed by atoms with Gasteiger partial charge in [-0.05, 0) is 99.4 Å². The van der Waals surface area contributed by atoms with E-state index in [1.165, 1.54) is 32.4 Å². The first-order chi connectivity index (χ1) is 16.7. The smallest absolute Gasteiger partial charge is 0.255 e. The number of furan rings is 1. The van der Waals surface area contributed by atoms with Crippen LogP contribution in [0.25, 0.3) is 11.3 Å². The molecule has 176 valence electrons. The average molecular weight is 458 g/mol. The van der Waals surface area contributed by atoms with Crippen molar-refractivity contribution in [1.82, 2.24) is 4.90 Å². The van der Waals surface area contributed by atoms with E-state index in [0.717, 1.165) is 42.1 Å². The molecule has 2 N–H and O–H groups in total. The Morgan fingerprint density at radius 3 is 2.56 bits per heavy atom. The molecular formula is C28H31N3O3. The third kappa shape index (κ3) is 4.92. The lowest BCUT2D eigenvalue weighted by Crippen LogP contribution is -2.31. The Kier molecular flexibility index (Phi) is 6.77. The minimum atomic E-state index is -0.218. The summed E-state index contributed by atoms with van der Waals surface area (Å²) in [7, 11) is 0. The summed E-state index contributed by atoms with van der Waals surface area (Å²) in [6.45, 7) is 4.50. The number of rotatable bonds is 8. The predicted molar refractivity (Wildman–Crippen MR) is 135 cm³/mol. The summed E-state index contributed by atoms with van der Waals surface area (Å²) < 4.78 is 5.54. The van der Waals surface area contributed by atoms with Crippen LogP contribution in [-0.2, 0) is 6.42 Å². The van der Waals surface area contributed by atoms with Gasteiger partial charge in [0.25, 0.3) is 5.91 Å². The molecule has 0 saturated carbocycles. The monoisotopic (exact) mass is 457 g/mol. The molecule has 1 aromatic heterocycles. The number of carbonyl (C=O) groups is 2. The van der Waals surface area contributed by atoms with Crippen LogP contribution in [0.2, 0.25) is 0 Å². The van der Waals surface area contributed by atoms with Crippen molar-refractivity contribution in [3.63, 3.8) is 0 Å². The van der Waals surface area contributed by atoms with Gasteiger partial charge in [0.2, 0.25) is 0 Å². The maximum Gasteiger partial charge on any atom is 0.255 e. The molecule has 34 heavy (non-hydrogen) atoms. The van der Waals surface area contributed by atoms with Gasteiger partial charge in [0.15, 0.2) is 5.78 Å². The molecule has 3 aromatic rings. The zero-order valence-electron chi connectivity index (χ0n) is 19.4. The van der Waals surface area contributed by atoms with Gasteiger partial charge in [-0.25, -0.2) is 0 Å². The summed E-state index contributed by atoms with van der Waals surface area (Å²) in [6, 6.07) is 15.0. The number of nitrogens with one attached hydrogen (secondary N) is 2. The molecule has 6 heteroatoms. The highest BCUT2D eigenvalue weighted by atomic mass is 16.3. The number of hydrogen-bond acceptors (Lipinski definition) is 5. The van der Waals surface area contributed by atoms with E-state index in [9.17, 15) is 9.59 Å². The van der Waals surface area contributed by atoms with Gasteiger partial charge in [0, 0.05) is 35.3 Å². The van der Waals surface area contributed by atoms with E-state index in [-0.39, 0.29) is 11.7 Å². The fourth-order valence-corrected chi connectivity index (χ4v) is 5.01. The van der Waals surface area contributed by atoms with Gasteiger partial charge in [-0.15, -0.1) is 0 Å². The molecule has 1 saturated heterocycles. The zero-order valence-corrected chi connectivity index (χ0v) is 19.4. The van der Waals surface area contributed by atoms with Crippen molar-refractivity contribution in [2.45, 2.75) is 38.5 Å². The lowest BCUT2D eigenvalue weighted by Gasteiger charge is -2.26. The molecule has 5 rings (SSSR count). The fourth-order valence-electron chi connectivity index (χ4n) is 5.01. The molecule has 0 spiro atoms. The lowest BCUT2D eigenvalue weighted by atomic mass is 9.99. The molecule has 1 aliphatic carbocycles. The molecule has 6 nitrogen and oxygen atoms in total. The van der Waals surface area contributed by atoms with Gasteiger partial charge in [-0.1, -0.05) is 6.42 Å².